The number of carbonyl (C=O) groups excluding carboxylic acids is 1. The number of hydrogen-bond acceptors (Lipinski definition) is 4. The van der Waals surface area contributed by atoms with Crippen LogP contribution in [-0.4, -0.2) is 37.5 Å². The van der Waals surface area contributed by atoms with Crippen molar-refractivity contribution in [3.8, 4) is 0 Å². The Balaban J connectivity index is 1.57. The molecule has 3 rings (SSSR count). The van der Waals surface area contributed by atoms with Gasteiger partial charge in [0.2, 0.25) is 0 Å². The van der Waals surface area contributed by atoms with Gasteiger partial charge in [0.05, 0.1) is 25.2 Å². The van der Waals surface area contributed by atoms with E-state index in [1.807, 2.05) is 0 Å². The molecule has 3 aliphatic rings. The first-order valence-corrected chi connectivity index (χ1v) is 6.69. The SMILES string of the molecule is CC1COC2C(OC(=O)C3CCCC3)COC12. The lowest BCUT2D eigenvalue weighted by atomic mass is 10.0. The second-order valence-corrected chi connectivity index (χ2v) is 5.53. The van der Waals surface area contributed by atoms with Gasteiger partial charge in [-0.1, -0.05) is 19.8 Å². The summed E-state index contributed by atoms with van der Waals surface area (Å²) in [6.45, 7) is 3.33. The summed E-state index contributed by atoms with van der Waals surface area (Å²) in [4.78, 5) is 11.9. The Bertz CT molecular complexity index is 298. The van der Waals surface area contributed by atoms with Crippen molar-refractivity contribution in [2.45, 2.75) is 50.9 Å². The molecule has 0 aromatic heterocycles. The van der Waals surface area contributed by atoms with Crippen LogP contribution in [0.1, 0.15) is 32.6 Å². The molecule has 2 heterocycles. The van der Waals surface area contributed by atoms with E-state index in [-0.39, 0.29) is 30.2 Å². The van der Waals surface area contributed by atoms with Gasteiger partial charge in [0.25, 0.3) is 0 Å². The monoisotopic (exact) mass is 240 g/mol. The van der Waals surface area contributed by atoms with Crippen molar-refractivity contribution in [2.24, 2.45) is 11.8 Å². The molecule has 4 atom stereocenters. The molecule has 0 aromatic carbocycles. The van der Waals surface area contributed by atoms with Crippen molar-refractivity contribution in [1.82, 2.24) is 0 Å². The van der Waals surface area contributed by atoms with Crippen molar-refractivity contribution in [3.63, 3.8) is 0 Å². The molecule has 1 aliphatic carbocycles. The molecule has 0 bridgehead atoms. The first-order chi connectivity index (χ1) is 8.25. The molecular formula is C13H20O4. The highest BCUT2D eigenvalue weighted by Gasteiger charge is 2.48. The zero-order valence-corrected chi connectivity index (χ0v) is 10.3. The highest BCUT2D eigenvalue weighted by molar-refractivity contribution is 5.73. The summed E-state index contributed by atoms with van der Waals surface area (Å²) in [5.74, 6) is 0.489. The third kappa shape index (κ3) is 2.08. The minimum atomic E-state index is -0.182. The average molecular weight is 240 g/mol. The van der Waals surface area contributed by atoms with Crippen LogP contribution < -0.4 is 0 Å². The molecule has 0 N–H and O–H groups in total. The van der Waals surface area contributed by atoms with Crippen LogP contribution in [0.5, 0.6) is 0 Å². The van der Waals surface area contributed by atoms with Gasteiger partial charge in [0, 0.05) is 5.92 Å². The highest BCUT2D eigenvalue weighted by Crippen LogP contribution is 2.33. The van der Waals surface area contributed by atoms with E-state index in [4.69, 9.17) is 14.2 Å². The van der Waals surface area contributed by atoms with E-state index in [0.29, 0.717) is 19.1 Å². The molecule has 4 nitrogen and oxygen atoms in total. The Morgan fingerprint density at radius 2 is 1.82 bits per heavy atom. The summed E-state index contributed by atoms with van der Waals surface area (Å²) < 4.78 is 16.9. The molecule has 0 aromatic rings. The van der Waals surface area contributed by atoms with Gasteiger partial charge in [0.15, 0.2) is 6.10 Å². The van der Waals surface area contributed by atoms with Crippen LogP contribution in [0.15, 0.2) is 0 Å². The van der Waals surface area contributed by atoms with Crippen LogP contribution in [0.2, 0.25) is 0 Å². The summed E-state index contributed by atoms with van der Waals surface area (Å²) in [6.07, 6.45) is 4.18. The quantitative estimate of drug-likeness (QED) is 0.686. The predicted molar refractivity (Wildman–Crippen MR) is 60.5 cm³/mol. The van der Waals surface area contributed by atoms with E-state index in [0.717, 1.165) is 25.7 Å². The second kappa shape index (κ2) is 4.58. The fraction of sp³-hybridized carbons (Fsp3) is 0.923. The van der Waals surface area contributed by atoms with Crippen LogP contribution in [0.25, 0.3) is 0 Å². The van der Waals surface area contributed by atoms with Crippen LogP contribution in [0.4, 0.5) is 0 Å². The predicted octanol–water partition coefficient (Wildman–Crippen LogP) is 1.52. The van der Waals surface area contributed by atoms with Gasteiger partial charge in [0.1, 0.15) is 6.10 Å². The molecule has 17 heavy (non-hydrogen) atoms. The minimum Gasteiger partial charge on any atom is -0.457 e. The van der Waals surface area contributed by atoms with Crippen LogP contribution >= 0.6 is 0 Å². The van der Waals surface area contributed by atoms with Gasteiger partial charge in [-0.25, -0.2) is 0 Å². The Morgan fingerprint density at radius 1 is 1.12 bits per heavy atom. The number of hydrogen-bond donors (Lipinski definition) is 0. The first kappa shape index (κ1) is 11.5. The third-order valence-electron chi connectivity index (χ3n) is 4.21. The molecule has 0 amide bonds. The number of esters is 1. The van der Waals surface area contributed by atoms with Crippen molar-refractivity contribution in [1.29, 1.82) is 0 Å². The standard InChI is InChI=1S/C13H20O4/c1-8-6-15-12-10(7-16-11(8)12)17-13(14)9-4-2-3-5-9/h8-12H,2-7H2,1H3. The Kier molecular flexibility index (Phi) is 3.09. The van der Waals surface area contributed by atoms with Crippen molar-refractivity contribution in [2.75, 3.05) is 13.2 Å². The topological polar surface area (TPSA) is 44.8 Å². The van der Waals surface area contributed by atoms with E-state index in [1.165, 1.54) is 0 Å². The van der Waals surface area contributed by atoms with E-state index < -0.39 is 0 Å². The summed E-state index contributed by atoms with van der Waals surface area (Å²) in [5, 5.41) is 0. The lowest BCUT2D eigenvalue weighted by molar-refractivity contribution is -0.158. The largest absolute Gasteiger partial charge is 0.457 e. The Labute approximate surface area is 102 Å². The average Bonchev–Trinajstić information content (AvgIpc) is 3.00. The second-order valence-electron chi connectivity index (χ2n) is 5.53. The molecule has 3 fully saturated rings. The van der Waals surface area contributed by atoms with Gasteiger partial charge < -0.3 is 14.2 Å². The number of fused-ring (bicyclic) bond motifs is 1. The normalized spacial score (nSPS) is 41.7. The summed E-state index contributed by atoms with van der Waals surface area (Å²) >= 11 is 0. The molecule has 0 spiro atoms. The van der Waals surface area contributed by atoms with Gasteiger partial charge in [-0.15, -0.1) is 0 Å². The minimum absolute atomic E-state index is 0.0321. The van der Waals surface area contributed by atoms with Crippen molar-refractivity contribution in [3.05, 3.63) is 0 Å². The summed E-state index contributed by atoms with van der Waals surface area (Å²) in [7, 11) is 0. The van der Waals surface area contributed by atoms with Crippen LogP contribution in [0.3, 0.4) is 0 Å². The number of carbonyl (C=O) groups is 1. The van der Waals surface area contributed by atoms with Crippen LogP contribution in [-0.2, 0) is 19.0 Å². The summed E-state index contributed by atoms with van der Waals surface area (Å²) in [5.41, 5.74) is 0. The van der Waals surface area contributed by atoms with Gasteiger partial charge in [-0.05, 0) is 12.8 Å². The smallest absolute Gasteiger partial charge is 0.309 e. The van der Waals surface area contributed by atoms with Gasteiger partial charge in [-0.3, -0.25) is 4.79 Å². The van der Waals surface area contributed by atoms with Crippen molar-refractivity contribution < 1.29 is 19.0 Å². The lowest BCUT2D eigenvalue weighted by Gasteiger charge is -2.18. The highest BCUT2D eigenvalue weighted by atomic mass is 16.6. The molecule has 4 unspecified atom stereocenters. The molecule has 2 saturated heterocycles. The zero-order chi connectivity index (χ0) is 11.8. The molecule has 1 saturated carbocycles. The van der Waals surface area contributed by atoms with Gasteiger partial charge >= 0.3 is 5.97 Å². The Morgan fingerprint density at radius 3 is 2.59 bits per heavy atom. The van der Waals surface area contributed by atoms with E-state index in [9.17, 15) is 4.79 Å². The Hall–Kier alpha value is -0.610. The van der Waals surface area contributed by atoms with Gasteiger partial charge in [-0.2, -0.15) is 0 Å². The molecule has 2 aliphatic heterocycles. The van der Waals surface area contributed by atoms with E-state index >= 15 is 0 Å². The molecule has 96 valence electrons. The van der Waals surface area contributed by atoms with E-state index in [1.54, 1.807) is 0 Å². The maximum Gasteiger partial charge on any atom is 0.309 e. The number of ether oxygens (including phenoxy) is 3. The molecule has 0 radical (unpaired) electrons. The molecular weight excluding hydrogens is 220 g/mol. The first-order valence-electron chi connectivity index (χ1n) is 6.69. The van der Waals surface area contributed by atoms with Crippen molar-refractivity contribution >= 4 is 5.97 Å². The fourth-order valence-corrected chi connectivity index (χ4v) is 3.16. The summed E-state index contributed by atoms with van der Waals surface area (Å²) in [6, 6.07) is 0. The zero-order valence-electron chi connectivity index (χ0n) is 10.3. The number of rotatable bonds is 2. The van der Waals surface area contributed by atoms with Crippen LogP contribution in [0, 0.1) is 11.8 Å². The third-order valence-corrected chi connectivity index (χ3v) is 4.21. The maximum absolute atomic E-state index is 11.9. The maximum atomic E-state index is 11.9. The lowest BCUT2D eigenvalue weighted by Crippen LogP contribution is -2.34. The fourth-order valence-electron chi connectivity index (χ4n) is 3.16. The van der Waals surface area contributed by atoms with E-state index in [2.05, 4.69) is 6.92 Å². The molecule has 4 heteroatoms.